The van der Waals surface area contributed by atoms with Gasteiger partial charge in [0.15, 0.2) is 0 Å². The minimum Gasteiger partial charge on any atom is -0.307 e. The number of thioether (sulfide) groups is 1. The van der Waals surface area contributed by atoms with Crippen LogP contribution < -0.4 is 5.73 Å². The predicted molar refractivity (Wildman–Crippen MR) is 72.0 cm³/mol. The van der Waals surface area contributed by atoms with Crippen LogP contribution in [0.25, 0.3) is 0 Å². The van der Waals surface area contributed by atoms with Crippen molar-refractivity contribution in [2.75, 3.05) is 5.75 Å². The number of hydrogen-bond donors (Lipinski definition) is 1. The molecule has 3 heteroatoms. The van der Waals surface area contributed by atoms with Crippen molar-refractivity contribution in [1.82, 2.24) is 0 Å². The molecule has 0 radical (unpaired) electrons. The van der Waals surface area contributed by atoms with Crippen LogP contribution in [0.5, 0.6) is 0 Å². The number of nitrogens with zero attached hydrogens (tertiary/aromatic N) is 1. The van der Waals surface area contributed by atoms with Gasteiger partial charge in [-0.05, 0) is 19.8 Å². The zero-order valence-corrected chi connectivity index (χ0v) is 10.7. The van der Waals surface area contributed by atoms with Crippen molar-refractivity contribution in [2.45, 2.75) is 32.4 Å². The molecule has 1 aromatic rings. The maximum Gasteiger partial charge on any atom is 0.110 e. The first-order valence-corrected chi connectivity index (χ1v) is 6.70. The second kappa shape index (κ2) is 4.60. The van der Waals surface area contributed by atoms with E-state index in [1.165, 1.54) is 11.1 Å². The Balaban J connectivity index is 2.30. The first kappa shape index (κ1) is 11.7. The van der Waals surface area contributed by atoms with Crippen LogP contribution in [0.4, 0.5) is 0 Å². The normalized spacial score (nSPS) is 25.3. The van der Waals surface area contributed by atoms with E-state index in [0.717, 1.165) is 23.6 Å². The second-order valence-corrected chi connectivity index (χ2v) is 5.42. The number of aliphatic imine (C=N–C) groups is 1. The van der Waals surface area contributed by atoms with Crippen LogP contribution in [0.3, 0.4) is 0 Å². The van der Waals surface area contributed by atoms with Gasteiger partial charge in [0.25, 0.3) is 0 Å². The van der Waals surface area contributed by atoms with Gasteiger partial charge >= 0.3 is 0 Å². The van der Waals surface area contributed by atoms with Crippen molar-refractivity contribution in [3.8, 4) is 0 Å². The zero-order valence-electron chi connectivity index (χ0n) is 9.86. The monoisotopic (exact) mass is 234 g/mol. The molecule has 1 atom stereocenters. The molecule has 0 spiro atoms. The molecule has 0 saturated heterocycles. The van der Waals surface area contributed by atoms with E-state index in [1.54, 1.807) is 0 Å². The summed E-state index contributed by atoms with van der Waals surface area (Å²) in [7, 11) is 0. The Labute approximate surface area is 101 Å². The van der Waals surface area contributed by atoms with E-state index in [1.807, 2.05) is 11.8 Å². The number of aryl methyl sites for hydroxylation is 1. The molecule has 86 valence electrons. The van der Waals surface area contributed by atoms with Crippen LogP contribution in [-0.4, -0.2) is 16.5 Å². The summed E-state index contributed by atoms with van der Waals surface area (Å²) in [5.41, 5.74) is 8.34. The highest BCUT2D eigenvalue weighted by Crippen LogP contribution is 2.28. The SMILES string of the molecule is CCC1(N)CCSC(c2ccc(C)cc2)=N1. The van der Waals surface area contributed by atoms with Gasteiger partial charge in [0.05, 0.1) is 5.04 Å². The average Bonchev–Trinajstić information content (AvgIpc) is 2.30. The van der Waals surface area contributed by atoms with E-state index >= 15 is 0 Å². The van der Waals surface area contributed by atoms with Crippen LogP contribution in [-0.2, 0) is 0 Å². The second-order valence-electron chi connectivity index (χ2n) is 4.34. The molecule has 1 heterocycles. The summed E-state index contributed by atoms with van der Waals surface area (Å²) in [6.07, 6.45) is 1.88. The predicted octanol–water partition coefficient (Wildman–Crippen LogP) is 2.94. The minimum absolute atomic E-state index is 0.342. The number of benzene rings is 1. The van der Waals surface area contributed by atoms with Crippen molar-refractivity contribution in [2.24, 2.45) is 10.7 Å². The molecule has 1 unspecified atom stereocenters. The molecule has 1 aliphatic heterocycles. The Bertz CT molecular complexity index is 397. The third kappa shape index (κ3) is 2.47. The first-order valence-electron chi connectivity index (χ1n) is 5.71. The summed E-state index contributed by atoms with van der Waals surface area (Å²) in [6, 6.07) is 8.50. The zero-order chi connectivity index (χ0) is 11.6. The lowest BCUT2D eigenvalue weighted by Gasteiger charge is -2.29. The molecule has 0 bridgehead atoms. The number of hydrogen-bond acceptors (Lipinski definition) is 3. The van der Waals surface area contributed by atoms with Crippen molar-refractivity contribution >= 4 is 16.8 Å². The number of nitrogens with two attached hydrogens (primary N) is 1. The largest absolute Gasteiger partial charge is 0.307 e. The highest BCUT2D eigenvalue weighted by molar-refractivity contribution is 8.14. The fraction of sp³-hybridized carbons (Fsp3) is 0.462. The molecule has 1 aromatic carbocycles. The number of rotatable bonds is 2. The Kier molecular flexibility index (Phi) is 3.36. The molecule has 16 heavy (non-hydrogen) atoms. The smallest absolute Gasteiger partial charge is 0.110 e. The summed E-state index contributed by atoms with van der Waals surface area (Å²) in [5, 5.41) is 1.09. The Hall–Kier alpha value is -0.800. The molecule has 0 fully saturated rings. The van der Waals surface area contributed by atoms with Gasteiger partial charge in [0.2, 0.25) is 0 Å². The van der Waals surface area contributed by atoms with Gasteiger partial charge in [0, 0.05) is 11.3 Å². The van der Waals surface area contributed by atoms with E-state index in [0.29, 0.717) is 0 Å². The fourth-order valence-electron chi connectivity index (χ4n) is 1.71. The Morgan fingerprint density at radius 2 is 2.06 bits per heavy atom. The molecule has 2 nitrogen and oxygen atoms in total. The molecule has 2 rings (SSSR count). The van der Waals surface area contributed by atoms with Crippen molar-refractivity contribution in [1.29, 1.82) is 0 Å². The van der Waals surface area contributed by atoms with E-state index in [4.69, 9.17) is 5.73 Å². The van der Waals surface area contributed by atoms with Crippen LogP contribution in [0.1, 0.15) is 30.9 Å². The van der Waals surface area contributed by atoms with Crippen LogP contribution in [0, 0.1) is 6.92 Å². The summed E-state index contributed by atoms with van der Waals surface area (Å²) < 4.78 is 0. The first-order chi connectivity index (χ1) is 7.63. The maximum absolute atomic E-state index is 6.22. The summed E-state index contributed by atoms with van der Waals surface area (Å²) in [6.45, 7) is 4.20. The van der Waals surface area contributed by atoms with Crippen LogP contribution in [0.2, 0.25) is 0 Å². The Morgan fingerprint density at radius 3 is 2.69 bits per heavy atom. The molecular formula is C13H18N2S. The molecule has 2 N–H and O–H groups in total. The van der Waals surface area contributed by atoms with Gasteiger partial charge in [0.1, 0.15) is 5.66 Å². The van der Waals surface area contributed by atoms with E-state index < -0.39 is 0 Å². The van der Waals surface area contributed by atoms with E-state index in [9.17, 15) is 0 Å². The van der Waals surface area contributed by atoms with Gasteiger partial charge in [-0.15, -0.1) is 11.8 Å². The quantitative estimate of drug-likeness (QED) is 0.854. The highest BCUT2D eigenvalue weighted by atomic mass is 32.2. The van der Waals surface area contributed by atoms with E-state index in [2.05, 4.69) is 43.1 Å². The van der Waals surface area contributed by atoms with Gasteiger partial charge < -0.3 is 5.73 Å². The standard InChI is InChI=1S/C13H18N2S/c1-3-13(14)8-9-16-12(15-13)11-6-4-10(2)5-7-11/h4-7H,3,8-9,14H2,1-2H3. The Morgan fingerprint density at radius 1 is 1.38 bits per heavy atom. The van der Waals surface area contributed by atoms with Crippen molar-refractivity contribution in [3.05, 3.63) is 35.4 Å². The summed E-state index contributed by atoms with van der Waals surface area (Å²) >= 11 is 1.81. The average molecular weight is 234 g/mol. The third-order valence-electron chi connectivity index (χ3n) is 3.01. The van der Waals surface area contributed by atoms with Crippen LogP contribution >= 0.6 is 11.8 Å². The van der Waals surface area contributed by atoms with Gasteiger partial charge in [-0.1, -0.05) is 36.8 Å². The van der Waals surface area contributed by atoms with Gasteiger partial charge in [-0.3, -0.25) is 4.99 Å². The molecule has 0 amide bonds. The maximum atomic E-state index is 6.22. The molecule has 0 saturated carbocycles. The molecule has 0 aromatic heterocycles. The molecule has 1 aliphatic rings. The van der Waals surface area contributed by atoms with E-state index in [-0.39, 0.29) is 5.66 Å². The summed E-state index contributed by atoms with van der Waals surface area (Å²) in [4.78, 5) is 4.69. The lowest BCUT2D eigenvalue weighted by molar-refractivity contribution is 0.418. The topological polar surface area (TPSA) is 38.4 Å². The van der Waals surface area contributed by atoms with Gasteiger partial charge in [-0.2, -0.15) is 0 Å². The minimum atomic E-state index is -0.342. The van der Waals surface area contributed by atoms with Crippen molar-refractivity contribution in [3.63, 3.8) is 0 Å². The lowest BCUT2D eigenvalue weighted by atomic mass is 10.1. The molecule has 0 aliphatic carbocycles. The van der Waals surface area contributed by atoms with Crippen molar-refractivity contribution < 1.29 is 0 Å². The highest BCUT2D eigenvalue weighted by Gasteiger charge is 2.26. The summed E-state index contributed by atoms with van der Waals surface area (Å²) in [5.74, 6) is 1.07. The van der Waals surface area contributed by atoms with Gasteiger partial charge in [-0.25, -0.2) is 0 Å². The molecular weight excluding hydrogens is 216 g/mol. The third-order valence-corrected chi connectivity index (χ3v) is 4.02. The lowest BCUT2D eigenvalue weighted by Crippen LogP contribution is -2.40. The fourth-order valence-corrected chi connectivity index (χ4v) is 2.91. The van der Waals surface area contributed by atoms with Crippen LogP contribution in [0.15, 0.2) is 29.3 Å².